The SMILES string of the molecule is C[C@H]1C=C2NC(=O)CC[C@]2(C)[C@H]2CC[C@]3(C)C[C@@H](O)C[C@H]3[C@H]12. The largest absolute Gasteiger partial charge is 0.393 e. The molecular weight excluding hydrogens is 274 g/mol. The summed E-state index contributed by atoms with van der Waals surface area (Å²) in [5.41, 5.74) is 1.66. The average Bonchev–Trinajstić information content (AvgIpc) is 2.75. The summed E-state index contributed by atoms with van der Waals surface area (Å²) in [4.78, 5) is 11.8. The molecule has 1 heterocycles. The molecule has 4 rings (SSSR count). The highest BCUT2D eigenvalue weighted by Crippen LogP contribution is 2.64. The fourth-order valence-electron chi connectivity index (χ4n) is 6.55. The smallest absolute Gasteiger partial charge is 0.224 e. The number of aliphatic hydroxyl groups is 1. The van der Waals surface area contributed by atoms with Gasteiger partial charge in [0.05, 0.1) is 6.10 Å². The molecule has 3 aliphatic carbocycles. The highest BCUT2D eigenvalue weighted by molar-refractivity contribution is 5.79. The van der Waals surface area contributed by atoms with E-state index in [1.54, 1.807) is 0 Å². The number of rotatable bonds is 0. The van der Waals surface area contributed by atoms with Crippen molar-refractivity contribution in [3.63, 3.8) is 0 Å². The van der Waals surface area contributed by atoms with Crippen LogP contribution < -0.4 is 5.32 Å². The number of hydrogen-bond acceptors (Lipinski definition) is 2. The molecule has 0 aromatic heterocycles. The highest BCUT2D eigenvalue weighted by Gasteiger charge is 2.59. The molecule has 3 fully saturated rings. The van der Waals surface area contributed by atoms with Gasteiger partial charge in [-0.05, 0) is 61.2 Å². The molecule has 0 bridgehead atoms. The van der Waals surface area contributed by atoms with Crippen molar-refractivity contribution in [3.8, 4) is 0 Å². The maximum atomic E-state index is 11.8. The van der Waals surface area contributed by atoms with E-state index in [1.165, 1.54) is 18.5 Å². The van der Waals surface area contributed by atoms with Crippen LogP contribution in [0, 0.1) is 34.5 Å². The summed E-state index contributed by atoms with van der Waals surface area (Å²) >= 11 is 0. The number of allylic oxidation sites excluding steroid dienone is 2. The number of amides is 1. The van der Waals surface area contributed by atoms with Gasteiger partial charge < -0.3 is 10.4 Å². The summed E-state index contributed by atoms with van der Waals surface area (Å²) in [6.07, 6.45) is 8.34. The predicted molar refractivity (Wildman–Crippen MR) is 85.8 cm³/mol. The van der Waals surface area contributed by atoms with E-state index in [-0.39, 0.29) is 17.4 Å². The van der Waals surface area contributed by atoms with Crippen molar-refractivity contribution in [2.75, 3.05) is 0 Å². The lowest BCUT2D eigenvalue weighted by Crippen LogP contribution is -2.54. The number of fused-ring (bicyclic) bond motifs is 5. The van der Waals surface area contributed by atoms with Gasteiger partial charge in [-0.25, -0.2) is 0 Å². The maximum absolute atomic E-state index is 11.8. The van der Waals surface area contributed by atoms with E-state index in [4.69, 9.17) is 0 Å². The Bertz CT molecular complexity index is 542. The molecule has 1 aliphatic heterocycles. The Kier molecular flexibility index (Phi) is 3.08. The Labute approximate surface area is 133 Å². The van der Waals surface area contributed by atoms with Crippen LogP contribution in [0.15, 0.2) is 11.8 Å². The third-order valence-corrected chi connectivity index (χ3v) is 7.69. The molecule has 0 spiro atoms. The van der Waals surface area contributed by atoms with E-state index in [9.17, 15) is 9.90 Å². The molecule has 0 unspecified atom stereocenters. The van der Waals surface area contributed by atoms with E-state index in [0.29, 0.717) is 35.5 Å². The quantitative estimate of drug-likeness (QED) is 0.722. The van der Waals surface area contributed by atoms with Crippen LogP contribution in [0.5, 0.6) is 0 Å². The molecule has 7 atom stereocenters. The van der Waals surface area contributed by atoms with Gasteiger partial charge in [-0.2, -0.15) is 0 Å². The molecule has 4 aliphatic rings. The number of piperidine rings is 1. The molecule has 2 saturated carbocycles. The van der Waals surface area contributed by atoms with E-state index < -0.39 is 0 Å². The van der Waals surface area contributed by atoms with E-state index in [1.807, 2.05) is 0 Å². The summed E-state index contributed by atoms with van der Waals surface area (Å²) in [6, 6.07) is 0. The molecule has 0 aromatic rings. The average molecular weight is 303 g/mol. The topological polar surface area (TPSA) is 49.3 Å². The minimum absolute atomic E-state index is 0.106. The Morgan fingerprint density at radius 3 is 2.82 bits per heavy atom. The summed E-state index contributed by atoms with van der Waals surface area (Å²) in [6.45, 7) is 7.10. The first-order valence-electron chi connectivity index (χ1n) is 9.04. The molecule has 1 saturated heterocycles. The molecular formula is C19H29NO2. The van der Waals surface area contributed by atoms with Crippen LogP contribution in [0.4, 0.5) is 0 Å². The normalized spacial score (nSPS) is 53.9. The van der Waals surface area contributed by atoms with Crippen molar-refractivity contribution in [3.05, 3.63) is 11.8 Å². The third kappa shape index (κ3) is 1.87. The van der Waals surface area contributed by atoms with Gasteiger partial charge in [0.2, 0.25) is 5.91 Å². The van der Waals surface area contributed by atoms with Crippen molar-refractivity contribution in [1.82, 2.24) is 5.32 Å². The zero-order valence-corrected chi connectivity index (χ0v) is 14.1. The Balaban J connectivity index is 1.74. The first kappa shape index (κ1) is 14.7. The molecule has 22 heavy (non-hydrogen) atoms. The fraction of sp³-hybridized carbons (Fsp3) is 0.842. The molecule has 122 valence electrons. The standard InChI is InChI=1S/C19H29NO2/c1-11-8-15-19(3,7-5-16(22)20-15)13-4-6-18(2)10-12(21)9-14(18)17(11)13/h8,11-14,17,21H,4-7,9-10H2,1-3H3,(H,20,22)/t11-,12-,13-,14-,17+,18+,19+/m0/s1. The van der Waals surface area contributed by atoms with Gasteiger partial charge in [-0.3, -0.25) is 4.79 Å². The van der Waals surface area contributed by atoms with Crippen LogP contribution in [0.1, 0.15) is 59.3 Å². The minimum atomic E-state index is -0.106. The van der Waals surface area contributed by atoms with Crippen molar-refractivity contribution in [2.24, 2.45) is 34.5 Å². The van der Waals surface area contributed by atoms with Gasteiger partial charge in [-0.1, -0.05) is 26.8 Å². The highest BCUT2D eigenvalue weighted by atomic mass is 16.3. The predicted octanol–water partition coefficient (Wildman–Crippen LogP) is 3.24. The van der Waals surface area contributed by atoms with Crippen LogP contribution in [0.3, 0.4) is 0 Å². The van der Waals surface area contributed by atoms with Crippen molar-refractivity contribution in [2.45, 2.75) is 65.4 Å². The Hall–Kier alpha value is -0.830. The van der Waals surface area contributed by atoms with Crippen molar-refractivity contribution >= 4 is 5.91 Å². The molecule has 3 heteroatoms. The first-order valence-corrected chi connectivity index (χ1v) is 9.04. The Morgan fingerprint density at radius 1 is 1.27 bits per heavy atom. The maximum Gasteiger partial charge on any atom is 0.224 e. The van der Waals surface area contributed by atoms with E-state index >= 15 is 0 Å². The monoisotopic (exact) mass is 303 g/mol. The number of aliphatic hydroxyl groups excluding tert-OH is 1. The third-order valence-electron chi connectivity index (χ3n) is 7.69. The lowest BCUT2D eigenvalue weighted by Gasteiger charge is -2.58. The number of carbonyl (C=O) groups excluding carboxylic acids is 1. The van der Waals surface area contributed by atoms with Crippen LogP contribution >= 0.6 is 0 Å². The summed E-state index contributed by atoms with van der Waals surface area (Å²) in [7, 11) is 0. The van der Waals surface area contributed by atoms with Gasteiger partial charge in [-0.15, -0.1) is 0 Å². The molecule has 0 aromatic carbocycles. The molecule has 3 nitrogen and oxygen atoms in total. The van der Waals surface area contributed by atoms with Gasteiger partial charge in [0.25, 0.3) is 0 Å². The lowest BCUT2D eigenvalue weighted by atomic mass is 9.48. The summed E-state index contributed by atoms with van der Waals surface area (Å²) in [5, 5.41) is 13.4. The molecule has 2 N–H and O–H groups in total. The van der Waals surface area contributed by atoms with Crippen LogP contribution in [-0.2, 0) is 4.79 Å². The van der Waals surface area contributed by atoms with Gasteiger partial charge >= 0.3 is 0 Å². The number of carbonyl (C=O) groups is 1. The fourth-order valence-corrected chi connectivity index (χ4v) is 6.55. The first-order chi connectivity index (χ1) is 10.3. The zero-order valence-electron chi connectivity index (χ0n) is 14.1. The van der Waals surface area contributed by atoms with Gasteiger partial charge in [0.1, 0.15) is 0 Å². The van der Waals surface area contributed by atoms with E-state index in [2.05, 4.69) is 32.2 Å². The van der Waals surface area contributed by atoms with Gasteiger partial charge in [0.15, 0.2) is 0 Å². The minimum Gasteiger partial charge on any atom is -0.393 e. The van der Waals surface area contributed by atoms with Crippen LogP contribution in [0.2, 0.25) is 0 Å². The van der Waals surface area contributed by atoms with Crippen molar-refractivity contribution in [1.29, 1.82) is 0 Å². The Morgan fingerprint density at radius 2 is 2.05 bits per heavy atom. The number of hydrogen-bond donors (Lipinski definition) is 2. The molecule has 1 amide bonds. The van der Waals surface area contributed by atoms with Crippen LogP contribution in [0.25, 0.3) is 0 Å². The van der Waals surface area contributed by atoms with Crippen molar-refractivity contribution < 1.29 is 9.90 Å². The second-order valence-electron chi connectivity index (χ2n) is 8.98. The van der Waals surface area contributed by atoms with E-state index in [0.717, 1.165) is 19.3 Å². The summed E-state index contributed by atoms with van der Waals surface area (Å²) < 4.78 is 0. The number of nitrogens with one attached hydrogen (secondary N) is 1. The zero-order chi connectivity index (χ0) is 15.7. The van der Waals surface area contributed by atoms with Crippen LogP contribution in [-0.4, -0.2) is 17.1 Å². The second kappa shape index (κ2) is 4.59. The molecule has 0 radical (unpaired) electrons. The van der Waals surface area contributed by atoms with Gasteiger partial charge in [0, 0.05) is 17.5 Å². The second-order valence-corrected chi connectivity index (χ2v) is 8.98. The summed E-state index contributed by atoms with van der Waals surface area (Å²) in [5.74, 6) is 2.65. The lowest BCUT2D eigenvalue weighted by molar-refractivity contribution is -0.125.